The zero-order valence-corrected chi connectivity index (χ0v) is 15.0. The topological polar surface area (TPSA) is 56.7 Å². The van der Waals surface area contributed by atoms with Crippen LogP contribution >= 0.6 is 0 Å². The molecule has 0 aromatic carbocycles. The molecule has 0 aliphatic carbocycles. The molecular weight excluding hydrogens is 276 g/mol. The number of hydrogen-bond donors (Lipinski definition) is 2. The third-order valence-electron chi connectivity index (χ3n) is 3.30. The molecular formula is C17H34N4O. The van der Waals surface area contributed by atoms with Crippen LogP contribution in [0.5, 0.6) is 0 Å². The van der Waals surface area contributed by atoms with E-state index in [1.807, 2.05) is 6.92 Å². The number of unbranched alkanes of at least 4 members (excludes halogenated alkanes) is 3. The van der Waals surface area contributed by atoms with E-state index >= 15 is 0 Å². The van der Waals surface area contributed by atoms with Gasteiger partial charge in [0.15, 0.2) is 5.96 Å². The first-order valence-corrected chi connectivity index (χ1v) is 8.26. The van der Waals surface area contributed by atoms with E-state index in [1.54, 1.807) is 19.0 Å². The third kappa shape index (κ3) is 11.2. The summed E-state index contributed by atoms with van der Waals surface area (Å²) in [6.07, 6.45) is 6.13. The maximum atomic E-state index is 11.7. The van der Waals surface area contributed by atoms with Crippen molar-refractivity contribution in [2.45, 2.75) is 58.9 Å². The fourth-order valence-electron chi connectivity index (χ4n) is 1.86. The summed E-state index contributed by atoms with van der Waals surface area (Å²) < 4.78 is 0. The Morgan fingerprint density at radius 3 is 2.50 bits per heavy atom. The molecule has 0 aromatic heterocycles. The molecule has 1 amide bonds. The number of rotatable bonds is 10. The molecule has 0 saturated carbocycles. The second kappa shape index (κ2) is 12.1. The first-order chi connectivity index (χ1) is 10.4. The van der Waals surface area contributed by atoms with Crippen molar-refractivity contribution < 1.29 is 4.79 Å². The molecule has 22 heavy (non-hydrogen) atoms. The Morgan fingerprint density at radius 1 is 1.27 bits per heavy atom. The first-order valence-electron chi connectivity index (χ1n) is 8.26. The van der Waals surface area contributed by atoms with Gasteiger partial charge in [-0.25, -0.2) is 4.99 Å². The number of nitrogens with one attached hydrogen (secondary N) is 2. The molecule has 0 aromatic rings. The lowest BCUT2D eigenvalue weighted by Gasteiger charge is -2.19. The van der Waals surface area contributed by atoms with Gasteiger partial charge in [-0.1, -0.05) is 44.8 Å². The zero-order valence-electron chi connectivity index (χ0n) is 15.0. The van der Waals surface area contributed by atoms with E-state index in [0.717, 1.165) is 12.0 Å². The van der Waals surface area contributed by atoms with Gasteiger partial charge in [0.2, 0.25) is 5.91 Å². The molecule has 0 bridgehead atoms. The van der Waals surface area contributed by atoms with Gasteiger partial charge in [-0.05, 0) is 20.3 Å². The van der Waals surface area contributed by atoms with Crippen LogP contribution in [0.25, 0.3) is 0 Å². The van der Waals surface area contributed by atoms with Crippen LogP contribution in [-0.2, 0) is 4.79 Å². The van der Waals surface area contributed by atoms with E-state index in [0.29, 0.717) is 18.5 Å². The van der Waals surface area contributed by atoms with Crippen molar-refractivity contribution in [3.05, 3.63) is 12.2 Å². The molecule has 0 spiro atoms. The van der Waals surface area contributed by atoms with Crippen molar-refractivity contribution in [2.24, 2.45) is 4.99 Å². The van der Waals surface area contributed by atoms with Gasteiger partial charge in [-0.2, -0.15) is 0 Å². The SMILES string of the molecule is C=C(C)CNC(=NCC(=O)N(C)C)NC(C)CCCCCC. The maximum absolute atomic E-state index is 11.7. The number of carbonyl (C=O) groups is 1. The standard InChI is InChI=1S/C17H34N4O/c1-7-8-9-10-11-15(4)20-17(18-12-14(2)3)19-13-16(22)21(5)6/h15H,2,7-13H2,1,3-6H3,(H2,18,19,20). The van der Waals surface area contributed by atoms with Crippen molar-refractivity contribution >= 4 is 11.9 Å². The van der Waals surface area contributed by atoms with Crippen LogP contribution in [0.15, 0.2) is 17.1 Å². The van der Waals surface area contributed by atoms with Crippen molar-refractivity contribution in [2.75, 3.05) is 27.2 Å². The number of aliphatic imine (C=N–C) groups is 1. The summed E-state index contributed by atoms with van der Waals surface area (Å²) in [4.78, 5) is 17.6. The minimum atomic E-state index is -0.00739. The van der Waals surface area contributed by atoms with Gasteiger partial charge in [-0.15, -0.1) is 0 Å². The van der Waals surface area contributed by atoms with E-state index in [9.17, 15) is 4.79 Å². The Bertz CT molecular complexity index is 364. The molecule has 128 valence electrons. The molecule has 0 aliphatic rings. The summed E-state index contributed by atoms with van der Waals surface area (Å²) in [5.74, 6) is 0.674. The number of carbonyl (C=O) groups excluding carboxylic acids is 1. The highest BCUT2D eigenvalue weighted by Gasteiger charge is 2.07. The van der Waals surface area contributed by atoms with Crippen molar-refractivity contribution in [1.82, 2.24) is 15.5 Å². The second-order valence-corrected chi connectivity index (χ2v) is 6.16. The molecule has 2 N–H and O–H groups in total. The zero-order chi connectivity index (χ0) is 17.0. The second-order valence-electron chi connectivity index (χ2n) is 6.16. The van der Waals surface area contributed by atoms with Crippen LogP contribution < -0.4 is 10.6 Å². The van der Waals surface area contributed by atoms with Gasteiger partial charge >= 0.3 is 0 Å². The molecule has 0 fully saturated rings. The fraction of sp³-hybridized carbons (Fsp3) is 0.765. The van der Waals surface area contributed by atoms with Crippen LogP contribution in [0, 0.1) is 0 Å². The maximum Gasteiger partial charge on any atom is 0.243 e. The number of likely N-dealkylation sites (N-methyl/N-ethyl adjacent to an activating group) is 1. The van der Waals surface area contributed by atoms with Crippen molar-refractivity contribution in [1.29, 1.82) is 0 Å². The monoisotopic (exact) mass is 310 g/mol. The highest BCUT2D eigenvalue weighted by molar-refractivity contribution is 5.85. The van der Waals surface area contributed by atoms with Gasteiger partial charge in [-0.3, -0.25) is 4.79 Å². The van der Waals surface area contributed by atoms with Gasteiger partial charge in [0, 0.05) is 26.7 Å². The molecule has 1 unspecified atom stereocenters. The Hall–Kier alpha value is -1.52. The summed E-state index contributed by atoms with van der Waals surface area (Å²) in [7, 11) is 3.48. The van der Waals surface area contributed by atoms with E-state index < -0.39 is 0 Å². The van der Waals surface area contributed by atoms with E-state index in [2.05, 4.69) is 36.1 Å². The minimum Gasteiger partial charge on any atom is -0.354 e. The summed E-state index contributed by atoms with van der Waals surface area (Å²) in [5.41, 5.74) is 1.03. The highest BCUT2D eigenvalue weighted by atomic mass is 16.2. The van der Waals surface area contributed by atoms with Crippen LogP contribution in [0.4, 0.5) is 0 Å². The predicted molar refractivity (Wildman–Crippen MR) is 95.2 cm³/mol. The van der Waals surface area contributed by atoms with Crippen LogP contribution in [0.2, 0.25) is 0 Å². The minimum absolute atomic E-state index is 0.00739. The number of amides is 1. The molecule has 5 heteroatoms. The lowest BCUT2D eigenvalue weighted by atomic mass is 10.1. The molecule has 0 saturated heterocycles. The van der Waals surface area contributed by atoms with Gasteiger partial charge in [0.05, 0.1) is 0 Å². The Morgan fingerprint density at radius 2 is 1.95 bits per heavy atom. The number of hydrogen-bond acceptors (Lipinski definition) is 2. The van der Waals surface area contributed by atoms with E-state index in [4.69, 9.17) is 0 Å². The molecule has 1 atom stereocenters. The average molecular weight is 310 g/mol. The van der Waals surface area contributed by atoms with Crippen molar-refractivity contribution in [3.8, 4) is 0 Å². The van der Waals surface area contributed by atoms with Crippen LogP contribution in [0.3, 0.4) is 0 Å². The Balaban J connectivity index is 4.41. The Kier molecular flexibility index (Phi) is 11.2. The van der Waals surface area contributed by atoms with Gasteiger partial charge < -0.3 is 15.5 Å². The largest absolute Gasteiger partial charge is 0.354 e. The van der Waals surface area contributed by atoms with Gasteiger partial charge in [0.1, 0.15) is 6.54 Å². The summed E-state index contributed by atoms with van der Waals surface area (Å²) >= 11 is 0. The van der Waals surface area contributed by atoms with Crippen LogP contribution in [-0.4, -0.2) is 50.0 Å². The molecule has 0 heterocycles. The van der Waals surface area contributed by atoms with Crippen molar-refractivity contribution in [3.63, 3.8) is 0 Å². The molecule has 0 radical (unpaired) electrons. The lowest BCUT2D eigenvalue weighted by molar-refractivity contribution is -0.127. The quantitative estimate of drug-likeness (QED) is 0.282. The molecule has 5 nitrogen and oxygen atoms in total. The van der Waals surface area contributed by atoms with Crippen LogP contribution in [0.1, 0.15) is 52.9 Å². The van der Waals surface area contributed by atoms with E-state index in [-0.39, 0.29) is 12.5 Å². The molecule has 0 rings (SSSR count). The summed E-state index contributed by atoms with van der Waals surface area (Å²) in [6, 6.07) is 0.336. The number of guanidine groups is 1. The summed E-state index contributed by atoms with van der Waals surface area (Å²) in [5, 5.41) is 6.59. The number of nitrogens with zero attached hydrogens (tertiary/aromatic N) is 2. The first kappa shape index (κ1) is 20.5. The van der Waals surface area contributed by atoms with E-state index in [1.165, 1.54) is 25.7 Å². The fourth-order valence-corrected chi connectivity index (χ4v) is 1.86. The molecule has 0 aliphatic heterocycles. The van der Waals surface area contributed by atoms with Gasteiger partial charge in [0.25, 0.3) is 0 Å². The highest BCUT2D eigenvalue weighted by Crippen LogP contribution is 2.05. The normalized spacial score (nSPS) is 12.7. The third-order valence-corrected chi connectivity index (χ3v) is 3.30. The summed E-state index contributed by atoms with van der Waals surface area (Å²) in [6.45, 7) is 11.0. The predicted octanol–water partition coefficient (Wildman–Crippen LogP) is 2.54. The smallest absolute Gasteiger partial charge is 0.243 e. The Labute approximate surface area is 136 Å². The lowest BCUT2D eigenvalue weighted by Crippen LogP contribution is -2.43. The average Bonchev–Trinajstić information content (AvgIpc) is 2.45.